The van der Waals surface area contributed by atoms with Crippen molar-refractivity contribution in [1.82, 2.24) is 14.7 Å². The number of amides is 2. The summed E-state index contributed by atoms with van der Waals surface area (Å²) >= 11 is 13.9. The topological polar surface area (TPSA) is 162 Å². The minimum atomic E-state index is -0.944. The summed E-state index contributed by atoms with van der Waals surface area (Å²) in [6.45, 7) is 28.0. The van der Waals surface area contributed by atoms with Crippen LogP contribution in [0, 0.1) is 17.3 Å². The molecule has 1 unspecified atom stereocenters. The first-order valence-electron chi connectivity index (χ1n) is 32.6. The maximum Gasteiger partial charge on any atom is 0.305 e. The lowest BCUT2D eigenvalue weighted by Crippen LogP contribution is -2.41. The van der Waals surface area contributed by atoms with Crippen molar-refractivity contribution in [3.63, 3.8) is 0 Å². The third kappa shape index (κ3) is 13.9. The Balaban J connectivity index is 0.825. The number of aliphatic carboxylic acids is 2. The van der Waals surface area contributed by atoms with E-state index < -0.39 is 22.8 Å². The number of hydrogen-bond donors (Lipinski definition) is 2. The van der Waals surface area contributed by atoms with Gasteiger partial charge in [-0.3, -0.25) is 38.6 Å². The summed E-state index contributed by atoms with van der Waals surface area (Å²) in [7, 11) is 0. The zero-order valence-corrected chi connectivity index (χ0v) is 59.0. The Labute approximate surface area is 568 Å². The summed E-state index contributed by atoms with van der Waals surface area (Å²) in [4.78, 5) is 93.0. The number of para-hydroxylation sites is 1. The van der Waals surface area contributed by atoms with E-state index in [2.05, 4.69) is 146 Å². The van der Waals surface area contributed by atoms with Gasteiger partial charge in [-0.25, -0.2) is 0 Å². The fourth-order valence-corrected chi connectivity index (χ4v) is 16.8. The number of Topliss-reactive ketones (excluding diaryl/α,β-unsaturated/α-hetero) is 2. The molecule has 0 spiro atoms. The molecule has 0 saturated carbocycles. The fraction of sp³-hybridized carbons (Fsp3) is 0.440. The molecular formula is C75H88N6O8S4. The number of carbonyl (C=O) groups excluding carboxylic acids is 4. The second-order valence-electron chi connectivity index (χ2n) is 28.4. The first-order valence-corrected chi connectivity index (χ1v) is 35.0. The number of hydrogen-bond acceptors (Lipinski definition) is 14. The summed E-state index contributed by atoms with van der Waals surface area (Å²) in [5.74, 6) is -1.76. The Morgan fingerprint density at radius 2 is 1.08 bits per heavy atom. The van der Waals surface area contributed by atoms with Crippen molar-refractivity contribution in [3.8, 4) is 0 Å². The Bertz CT molecular complexity index is 3870. The van der Waals surface area contributed by atoms with Crippen LogP contribution in [-0.4, -0.2) is 114 Å². The van der Waals surface area contributed by atoms with Crippen molar-refractivity contribution in [2.45, 2.75) is 157 Å². The Hall–Kier alpha value is -7.12. The molecule has 3 aromatic rings. The lowest BCUT2D eigenvalue weighted by Gasteiger charge is -2.32. The van der Waals surface area contributed by atoms with Gasteiger partial charge in [-0.2, -0.15) is 0 Å². The van der Waals surface area contributed by atoms with Crippen LogP contribution in [-0.2, 0) is 57.9 Å². The lowest BCUT2D eigenvalue weighted by molar-refractivity contribution is -0.137. The molecule has 490 valence electrons. The first kappa shape index (κ1) is 68.7. The average molecular weight is 1330 g/mol. The van der Waals surface area contributed by atoms with Crippen molar-refractivity contribution >= 4 is 109 Å². The van der Waals surface area contributed by atoms with Crippen LogP contribution < -0.4 is 14.7 Å². The van der Waals surface area contributed by atoms with E-state index in [1.807, 2.05) is 71.7 Å². The zero-order valence-electron chi connectivity index (χ0n) is 55.8. The van der Waals surface area contributed by atoms with Gasteiger partial charge in [-0.1, -0.05) is 192 Å². The number of carboxylic acid groups (broad SMARTS) is 2. The molecule has 1 atom stereocenters. The SMILES string of the molecule is CC(C)CCN1C2=C(CCC=C2)C(C)(C)/C1=C/C=C1/SC(=S)N(CC(=O)Cc2ccc3c(c2)C(C)(C)C(/C=C/C=C2/N(CCC(=O)O)c4ccc(CC(=O)CN5C(=O)/C(=C\C=C6/N(CCC(C)C)c7ccccc7C6(C)C)SC5=S)cc4C2(C)C)N3CCC(=O)O)C1=O. The van der Waals surface area contributed by atoms with Crippen LogP contribution in [0.25, 0.3) is 0 Å². The van der Waals surface area contributed by atoms with Crippen LogP contribution in [0.1, 0.15) is 149 Å². The second-order valence-corrected chi connectivity index (χ2v) is 31.8. The van der Waals surface area contributed by atoms with E-state index in [-0.39, 0.29) is 92.1 Å². The Kier molecular flexibility index (Phi) is 20.2. The van der Waals surface area contributed by atoms with Crippen LogP contribution in [0.5, 0.6) is 0 Å². The molecule has 2 saturated heterocycles. The maximum atomic E-state index is 14.0. The number of benzene rings is 3. The van der Waals surface area contributed by atoms with Crippen LogP contribution in [0.15, 0.2) is 154 Å². The van der Waals surface area contributed by atoms with Gasteiger partial charge in [0.25, 0.3) is 11.8 Å². The number of ketones is 2. The van der Waals surface area contributed by atoms with Gasteiger partial charge in [-0.15, -0.1) is 0 Å². The third-order valence-corrected chi connectivity index (χ3v) is 22.3. The van der Waals surface area contributed by atoms with Gasteiger partial charge in [0, 0.05) is 101 Å². The molecule has 3 aromatic carbocycles. The molecule has 1 aliphatic carbocycles. The number of nitrogens with zero attached hydrogens (tertiary/aromatic N) is 6. The molecule has 18 heteroatoms. The summed E-state index contributed by atoms with van der Waals surface area (Å²) in [5, 5.41) is 19.9. The average Bonchev–Trinajstić information content (AvgIpc) is 1.62. The van der Waals surface area contributed by atoms with E-state index in [4.69, 9.17) is 24.4 Å². The van der Waals surface area contributed by atoms with Gasteiger partial charge in [-0.05, 0) is 126 Å². The lowest BCUT2D eigenvalue weighted by atomic mass is 9.79. The number of anilines is 3. The smallest absolute Gasteiger partial charge is 0.305 e. The molecule has 0 aromatic heterocycles. The standard InChI is InChI=1S/C75H88N6O8S4/c1-46(2)32-36-76-56-20-15-13-18-52(56)72(5,6)64(76)30-28-60-68(88)80(70(90)92-60)44-50(82)40-48-24-26-58-54(42-48)74(9,10)62(78(58)38-34-66(84)85)22-17-23-63-75(11,12)55-43-49(25-27-59(55)79(63)39-35-67(86)87)41-51(83)45-81-69(89)61(93-71(81)91)29-31-65-73(7,8)53-19-14-16-21-57(53)77(65)37-33-47(3)4/h13,15-18,20-31,42-43,46-47,63H,14,19,32-41,44-45H2,1-12H3,(H,84,85)(H,86,87)/b23-17+,60-28+,61-29+,62-22+,64-30-,65-31-. The highest BCUT2D eigenvalue weighted by Gasteiger charge is 2.46. The molecule has 7 aliphatic rings. The predicted molar refractivity (Wildman–Crippen MR) is 384 cm³/mol. The summed E-state index contributed by atoms with van der Waals surface area (Å²) in [5.41, 5.74) is 11.5. The van der Waals surface area contributed by atoms with Crippen molar-refractivity contribution in [1.29, 1.82) is 0 Å². The van der Waals surface area contributed by atoms with Crippen molar-refractivity contribution in [2.75, 3.05) is 54.0 Å². The van der Waals surface area contributed by atoms with Crippen LogP contribution in [0.2, 0.25) is 0 Å². The molecule has 93 heavy (non-hydrogen) atoms. The number of carboxylic acids is 2. The van der Waals surface area contributed by atoms with Gasteiger partial charge in [0.15, 0.2) is 11.6 Å². The van der Waals surface area contributed by atoms with Gasteiger partial charge >= 0.3 is 11.9 Å². The maximum absolute atomic E-state index is 14.0. The summed E-state index contributed by atoms with van der Waals surface area (Å²) < 4.78 is 0.674. The summed E-state index contributed by atoms with van der Waals surface area (Å²) in [6, 6.07) is 19.8. The number of carbonyl (C=O) groups is 6. The molecule has 2 amide bonds. The molecule has 2 fully saturated rings. The Morgan fingerprint density at radius 3 is 1.66 bits per heavy atom. The summed E-state index contributed by atoms with van der Waals surface area (Å²) in [6.07, 6.45) is 22.2. The zero-order chi connectivity index (χ0) is 67.2. The van der Waals surface area contributed by atoms with Crippen LogP contribution in [0.4, 0.5) is 17.1 Å². The first-order chi connectivity index (χ1) is 43.9. The highest BCUT2D eigenvalue weighted by molar-refractivity contribution is 8.27. The van der Waals surface area contributed by atoms with Crippen LogP contribution >= 0.6 is 48.0 Å². The molecule has 0 bridgehead atoms. The quantitative estimate of drug-likeness (QED) is 0.0643. The van der Waals surface area contributed by atoms with E-state index in [9.17, 15) is 39.0 Å². The molecule has 2 N–H and O–H groups in total. The number of rotatable bonds is 24. The third-order valence-electron chi connectivity index (χ3n) is 19.5. The van der Waals surface area contributed by atoms with E-state index >= 15 is 0 Å². The van der Waals surface area contributed by atoms with Gasteiger partial charge in [0.05, 0.1) is 41.8 Å². The van der Waals surface area contributed by atoms with E-state index in [0.717, 1.165) is 89.5 Å². The number of thioether (sulfide) groups is 2. The highest BCUT2D eigenvalue weighted by atomic mass is 32.2. The highest BCUT2D eigenvalue weighted by Crippen LogP contribution is 2.53. The van der Waals surface area contributed by atoms with Gasteiger partial charge < -0.3 is 29.8 Å². The number of allylic oxidation sites excluding steroid dienone is 11. The molecule has 14 nitrogen and oxygen atoms in total. The van der Waals surface area contributed by atoms with Crippen molar-refractivity contribution in [2.24, 2.45) is 17.3 Å². The molecule has 6 aliphatic heterocycles. The van der Waals surface area contributed by atoms with Gasteiger partial charge in [0.1, 0.15) is 8.64 Å². The molecule has 10 rings (SSSR count). The molecule has 6 heterocycles. The normalized spacial score (nSPS) is 22.3. The van der Waals surface area contributed by atoms with E-state index in [0.29, 0.717) is 30.3 Å². The monoisotopic (exact) mass is 1330 g/mol. The van der Waals surface area contributed by atoms with Crippen molar-refractivity contribution in [3.05, 3.63) is 181 Å². The number of fused-ring (bicyclic) bond motifs is 3. The minimum Gasteiger partial charge on any atom is -0.481 e. The second kappa shape index (κ2) is 27.3. The van der Waals surface area contributed by atoms with E-state index in [1.54, 1.807) is 0 Å². The van der Waals surface area contributed by atoms with E-state index in [1.165, 1.54) is 55.8 Å². The fourth-order valence-electron chi connectivity index (χ4n) is 14.4. The predicted octanol–water partition coefficient (Wildman–Crippen LogP) is 14.7. The molecular weight excluding hydrogens is 1240 g/mol. The van der Waals surface area contributed by atoms with Crippen molar-refractivity contribution < 1.29 is 39.0 Å². The molecule has 0 radical (unpaired) electrons. The van der Waals surface area contributed by atoms with Gasteiger partial charge in [0.2, 0.25) is 0 Å². The van der Waals surface area contributed by atoms with Crippen LogP contribution in [0.3, 0.4) is 0 Å². The Morgan fingerprint density at radius 1 is 0.581 bits per heavy atom. The number of thiocarbonyl (C=S) groups is 2. The largest absolute Gasteiger partial charge is 0.481 e. The minimum absolute atomic E-state index is 0.0472.